The van der Waals surface area contributed by atoms with Crippen molar-refractivity contribution < 1.29 is 9.32 Å². The van der Waals surface area contributed by atoms with Gasteiger partial charge in [0.1, 0.15) is 5.76 Å². The monoisotopic (exact) mass is 379 g/mol. The largest absolute Gasteiger partial charge is 0.361 e. The second kappa shape index (κ2) is 7.96. The number of aromatic nitrogens is 4. The molecule has 28 heavy (non-hydrogen) atoms. The van der Waals surface area contributed by atoms with Crippen LogP contribution in [0.4, 0.5) is 0 Å². The second-order valence-electron chi connectivity index (χ2n) is 7.38. The Bertz CT molecular complexity index is 920. The van der Waals surface area contributed by atoms with Crippen LogP contribution in [-0.4, -0.2) is 43.6 Å². The second-order valence-corrected chi connectivity index (χ2v) is 7.38. The lowest BCUT2D eigenvalue weighted by Gasteiger charge is -2.32. The van der Waals surface area contributed by atoms with E-state index in [1.807, 2.05) is 35.7 Å². The van der Waals surface area contributed by atoms with Gasteiger partial charge in [0.2, 0.25) is 5.91 Å². The summed E-state index contributed by atoms with van der Waals surface area (Å²) in [4.78, 5) is 23.0. The highest BCUT2D eigenvalue weighted by Gasteiger charge is 2.24. The molecule has 7 nitrogen and oxygen atoms in total. The number of carbonyl (C=O) groups is 1. The Morgan fingerprint density at radius 3 is 2.75 bits per heavy atom. The van der Waals surface area contributed by atoms with Crippen LogP contribution in [0.3, 0.4) is 0 Å². The van der Waals surface area contributed by atoms with Crippen molar-refractivity contribution in [1.82, 2.24) is 24.6 Å². The predicted molar refractivity (Wildman–Crippen MR) is 105 cm³/mol. The topological polar surface area (TPSA) is 77.0 Å². The molecule has 4 rings (SSSR count). The molecule has 0 bridgehead atoms. The normalized spacial score (nSPS) is 15.1. The van der Waals surface area contributed by atoms with Crippen molar-refractivity contribution in [3.05, 3.63) is 54.1 Å². The molecular formula is C21H25N5O2. The number of hydrogen-bond acceptors (Lipinski definition) is 5. The van der Waals surface area contributed by atoms with E-state index >= 15 is 0 Å². The molecule has 0 aliphatic carbocycles. The molecule has 4 heterocycles. The Balaban J connectivity index is 1.37. The van der Waals surface area contributed by atoms with Gasteiger partial charge in [-0.15, -0.1) is 0 Å². The van der Waals surface area contributed by atoms with Crippen molar-refractivity contribution in [1.29, 1.82) is 0 Å². The summed E-state index contributed by atoms with van der Waals surface area (Å²) in [5.74, 6) is 1.46. The zero-order valence-electron chi connectivity index (χ0n) is 16.3. The van der Waals surface area contributed by atoms with Gasteiger partial charge >= 0.3 is 0 Å². The summed E-state index contributed by atoms with van der Waals surface area (Å²) >= 11 is 0. The van der Waals surface area contributed by atoms with Crippen molar-refractivity contribution in [2.45, 2.75) is 45.6 Å². The first-order valence-electron chi connectivity index (χ1n) is 9.74. The Kier molecular flexibility index (Phi) is 5.23. The number of aryl methyl sites for hydroxylation is 3. The third-order valence-electron chi connectivity index (χ3n) is 5.54. The van der Waals surface area contributed by atoms with Crippen LogP contribution in [0.2, 0.25) is 0 Å². The van der Waals surface area contributed by atoms with Crippen molar-refractivity contribution >= 4 is 5.91 Å². The summed E-state index contributed by atoms with van der Waals surface area (Å²) in [5, 5.41) is 4.04. The van der Waals surface area contributed by atoms with E-state index in [-0.39, 0.29) is 5.91 Å². The molecule has 0 atom stereocenters. The highest BCUT2D eigenvalue weighted by atomic mass is 16.5. The third kappa shape index (κ3) is 3.83. The van der Waals surface area contributed by atoms with Gasteiger partial charge in [-0.1, -0.05) is 5.16 Å². The summed E-state index contributed by atoms with van der Waals surface area (Å²) in [6.45, 7) is 6.14. The molecule has 0 aromatic carbocycles. The van der Waals surface area contributed by atoms with Crippen LogP contribution >= 0.6 is 0 Å². The van der Waals surface area contributed by atoms with Crippen LogP contribution in [-0.2, 0) is 11.3 Å². The van der Waals surface area contributed by atoms with Crippen LogP contribution in [0.5, 0.6) is 0 Å². The molecule has 7 heteroatoms. The maximum atomic E-state index is 12.5. The number of piperidine rings is 1. The molecule has 1 amide bonds. The Morgan fingerprint density at radius 2 is 2.07 bits per heavy atom. The summed E-state index contributed by atoms with van der Waals surface area (Å²) in [5.41, 5.74) is 4.03. The first kappa shape index (κ1) is 18.4. The number of likely N-dealkylation sites (tertiary alicyclic amines) is 1. The van der Waals surface area contributed by atoms with Crippen LogP contribution in [0.1, 0.15) is 42.2 Å². The standard InChI is InChI=1S/C21H25N5O2/c1-15-21(16(2)28-24-15)19-13-18(3-7-23-19)17-4-10-26(11-5-17)20(27)6-9-25-12-8-22-14-25/h3,7-8,12-14,17H,4-6,9-11H2,1-2H3. The van der Waals surface area contributed by atoms with Gasteiger partial charge in [-0.25, -0.2) is 4.98 Å². The quantitative estimate of drug-likeness (QED) is 0.679. The van der Waals surface area contributed by atoms with Crippen LogP contribution in [0, 0.1) is 13.8 Å². The van der Waals surface area contributed by atoms with Crippen molar-refractivity contribution in [3.63, 3.8) is 0 Å². The Morgan fingerprint density at radius 1 is 1.25 bits per heavy atom. The molecule has 1 aliphatic rings. The first-order valence-corrected chi connectivity index (χ1v) is 9.74. The molecule has 0 spiro atoms. The minimum absolute atomic E-state index is 0.221. The van der Waals surface area contributed by atoms with Gasteiger partial charge in [0.15, 0.2) is 0 Å². The maximum Gasteiger partial charge on any atom is 0.224 e. The lowest BCUT2D eigenvalue weighted by atomic mass is 9.89. The van der Waals surface area contributed by atoms with Gasteiger partial charge in [0.25, 0.3) is 0 Å². The smallest absolute Gasteiger partial charge is 0.224 e. The molecule has 0 unspecified atom stereocenters. The van der Waals surface area contributed by atoms with Gasteiger partial charge in [-0.2, -0.15) is 0 Å². The van der Waals surface area contributed by atoms with E-state index in [0.29, 0.717) is 18.9 Å². The first-order chi connectivity index (χ1) is 13.6. The number of carbonyl (C=O) groups excluding carboxylic acids is 1. The van der Waals surface area contributed by atoms with E-state index in [1.54, 1.807) is 12.5 Å². The summed E-state index contributed by atoms with van der Waals surface area (Å²) in [6.07, 6.45) is 9.70. The minimum atomic E-state index is 0.221. The fourth-order valence-electron chi connectivity index (χ4n) is 3.95. The molecule has 3 aromatic heterocycles. The van der Waals surface area contributed by atoms with E-state index < -0.39 is 0 Å². The number of amides is 1. The van der Waals surface area contributed by atoms with Gasteiger partial charge in [0.05, 0.1) is 23.3 Å². The number of rotatable bonds is 5. The van der Waals surface area contributed by atoms with Gasteiger partial charge in [0, 0.05) is 44.6 Å². The van der Waals surface area contributed by atoms with Crippen molar-refractivity contribution in [2.24, 2.45) is 0 Å². The lowest BCUT2D eigenvalue weighted by Crippen LogP contribution is -2.38. The summed E-state index contributed by atoms with van der Waals surface area (Å²) in [7, 11) is 0. The summed E-state index contributed by atoms with van der Waals surface area (Å²) in [6, 6.07) is 4.23. The fraction of sp³-hybridized carbons (Fsp3) is 0.429. The molecule has 1 aliphatic heterocycles. The molecule has 146 valence electrons. The Labute approximate surface area is 164 Å². The van der Waals surface area contributed by atoms with Crippen LogP contribution in [0.15, 0.2) is 41.6 Å². The highest BCUT2D eigenvalue weighted by Crippen LogP contribution is 2.32. The average Bonchev–Trinajstić information content (AvgIpc) is 3.36. The molecule has 0 N–H and O–H groups in total. The SMILES string of the molecule is Cc1noc(C)c1-c1cc(C2CCN(C(=O)CCn3ccnc3)CC2)ccn1. The zero-order valence-corrected chi connectivity index (χ0v) is 16.3. The van der Waals surface area contributed by atoms with Crippen molar-refractivity contribution in [2.75, 3.05) is 13.1 Å². The lowest BCUT2D eigenvalue weighted by molar-refractivity contribution is -0.132. The van der Waals surface area contributed by atoms with E-state index in [9.17, 15) is 4.79 Å². The molecule has 1 saturated heterocycles. The van der Waals surface area contributed by atoms with E-state index in [0.717, 1.165) is 48.6 Å². The van der Waals surface area contributed by atoms with E-state index in [4.69, 9.17) is 4.52 Å². The van der Waals surface area contributed by atoms with Crippen molar-refractivity contribution in [3.8, 4) is 11.3 Å². The molecule has 0 saturated carbocycles. The maximum absolute atomic E-state index is 12.5. The van der Waals surface area contributed by atoms with E-state index in [2.05, 4.69) is 27.3 Å². The summed E-state index contributed by atoms with van der Waals surface area (Å²) < 4.78 is 7.23. The molecule has 3 aromatic rings. The highest BCUT2D eigenvalue weighted by molar-refractivity contribution is 5.76. The van der Waals surface area contributed by atoms with E-state index in [1.165, 1.54) is 5.56 Å². The van der Waals surface area contributed by atoms with Crippen LogP contribution < -0.4 is 0 Å². The molecular weight excluding hydrogens is 354 g/mol. The van der Waals surface area contributed by atoms with Gasteiger partial charge in [-0.3, -0.25) is 9.78 Å². The number of nitrogens with zero attached hydrogens (tertiary/aromatic N) is 5. The molecule has 0 radical (unpaired) electrons. The minimum Gasteiger partial charge on any atom is -0.361 e. The zero-order chi connectivity index (χ0) is 19.5. The van der Waals surface area contributed by atoms with Gasteiger partial charge in [-0.05, 0) is 50.3 Å². The van der Waals surface area contributed by atoms with Crippen LogP contribution in [0.25, 0.3) is 11.3 Å². The number of imidazole rings is 1. The third-order valence-corrected chi connectivity index (χ3v) is 5.54. The fourth-order valence-corrected chi connectivity index (χ4v) is 3.95. The predicted octanol–water partition coefficient (Wildman–Crippen LogP) is 3.35. The number of hydrogen-bond donors (Lipinski definition) is 0. The van der Waals surface area contributed by atoms with Gasteiger partial charge < -0.3 is 14.0 Å². The molecule has 1 fully saturated rings. The number of pyridine rings is 1. The Hall–Kier alpha value is -2.96. The average molecular weight is 379 g/mol.